The van der Waals surface area contributed by atoms with Gasteiger partial charge in [-0.2, -0.15) is 0 Å². The first-order chi connectivity index (χ1) is 13.1. The molecule has 0 bridgehead atoms. The summed E-state index contributed by atoms with van der Waals surface area (Å²) in [6.07, 6.45) is 1.90. The minimum Gasteiger partial charge on any atom is -0.353 e. The normalized spacial score (nSPS) is 13.4. The predicted octanol–water partition coefficient (Wildman–Crippen LogP) is 4.67. The molecule has 2 unspecified atom stereocenters. The van der Waals surface area contributed by atoms with E-state index in [1.807, 2.05) is 31.2 Å². The molecular formula is C22H27N3OS. The standard InChI is InChI=1S/C22H27N3OS/c1-4-25-20-13-9-8-12-19(20)24-22(25)27-17(3)21(26)23-16(2)14-15-18-10-6-5-7-11-18/h5-13,16-17H,4,14-15H2,1-3H3,(H,23,26). The van der Waals surface area contributed by atoms with Gasteiger partial charge in [-0.05, 0) is 51.3 Å². The molecule has 5 heteroatoms. The zero-order chi connectivity index (χ0) is 19.2. The second-order valence-corrected chi connectivity index (χ2v) is 8.13. The Bertz CT molecular complexity index is 891. The van der Waals surface area contributed by atoms with Crippen molar-refractivity contribution in [1.82, 2.24) is 14.9 Å². The SMILES string of the molecule is CCn1c(SC(C)C(=O)NC(C)CCc2ccccc2)nc2ccccc21. The number of fused-ring (bicyclic) bond motifs is 1. The zero-order valence-corrected chi connectivity index (χ0v) is 17.0. The van der Waals surface area contributed by atoms with Gasteiger partial charge in [0.05, 0.1) is 16.3 Å². The van der Waals surface area contributed by atoms with Gasteiger partial charge < -0.3 is 9.88 Å². The van der Waals surface area contributed by atoms with Gasteiger partial charge in [-0.1, -0.05) is 54.2 Å². The van der Waals surface area contributed by atoms with Crippen LogP contribution in [0.2, 0.25) is 0 Å². The van der Waals surface area contributed by atoms with E-state index in [-0.39, 0.29) is 17.2 Å². The van der Waals surface area contributed by atoms with Crippen molar-refractivity contribution >= 4 is 28.7 Å². The monoisotopic (exact) mass is 381 g/mol. The Labute approximate surface area is 165 Å². The molecule has 2 atom stereocenters. The number of aromatic nitrogens is 2. The molecule has 1 heterocycles. The number of nitrogens with one attached hydrogen (secondary N) is 1. The second-order valence-electron chi connectivity index (χ2n) is 6.82. The quantitative estimate of drug-likeness (QED) is 0.577. The molecule has 0 aliphatic rings. The largest absolute Gasteiger partial charge is 0.353 e. The smallest absolute Gasteiger partial charge is 0.233 e. The summed E-state index contributed by atoms with van der Waals surface area (Å²) < 4.78 is 2.17. The highest BCUT2D eigenvalue weighted by Crippen LogP contribution is 2.27. The molecule has 0 saturated carbocycles. The molecule has 0 aliphatic heterocycles. The number of carbonyl (C=O) groups is 1. The first-order valence-corrected chi connectivity index (χ1v) is 10.4. The van der Waals surface area contributed by atoms with Crippen LogP contribution in [0.15, 0.2) is 59.8 Å². The Balaban J connectivity index is 1.57. The topological polar surface area (TPSA) is 46.9 Å². The third kappa shape index (κ3) is 4.92. The Morgan fingerprint density at radius 2 is 1.81 bits per heavy atom. The highest BCUT2D eigenvalue weighted by atomic mass is 32.2. The molecule has 3 aromatic rings. The van der Waals surface area contributed by atoms with Crippen molar-refractivity contribution in [2.75, 3.05) is 0 Å². The Morgan fingerprint density at radius 1 is 1.11 bits per heavy atom. The van der Waals surface area contributed by atoms with Crippen LogP contribution in [0.25, 0.3) is 11.0 Å². The van der Waals surface area contributed by atoms with Crippen LogP contribution in [-0.2, 0) is 17.8 Å². The number of benzene rings is 2. The third-order valence-corrected chi connectivity index (χ3v) is 5.77. The van der Waals surface area contributed by atoms with E-state index < -0.39 is 0 Å². The summed E-state index contributed by atoms with van der Waals surface area (Å²) in [5.74, 6) is 0.0651. The highest BCUT2D eigenvalue weighted by molar-refractivity contribution is 8.00. The van der Waals surface area contributed by atoms with E-state index in [0.717, 1.165) is 35.6 Å². The Hall–Kier alpha value is -2.27. The number of carbonyl (C=O) groups excluding carboxylic acids is 1. The van der Waals surface area contributed by atoms with Gasteiger partial charge in [-0.3, -0.25) is 4.79 Å². The first-order valence-electron chi connectivity index (χ1n) is 9.54. The average Bonchev–Trinajstić information content (AvgIpc) is 3.04. The first kappa shape index (κ1) is 19.5. The van der Waals surface area contributed by atoms with Crippen LogP contribution in [0, 0.1) is 0 Å². The fraction of sp³-hybridized carbons (Fsp3) is 0.364. The van der Waals surface area contributed by atoms with Crippen molar-refractivity contribution in [2.45, 2.75) is 56.6 Å². The second kappa shape index (κ2) is 9.09. The lowest BCUT2D eigenvalue weighted by Crippen LogP contribution is -2.38. The maximum absolute atomic E-state index is 12.6. The van der Waals surface area contributed by atoms with Crippen LogP contribution < -0.4 is 5.32 Å². The lowest BCUT2D eigenvalue weighted by atomic mass is 10.1. The molecule has 4 nitrogen and oxygen atoms in total. The molecule has 1 N–H and O–H groups in total. The summed E-state index contributed by atoms with van der Waals surface area (Å²) in [4.78, 5) is 17.3. The predicted molar refractivity (Wildman–Crippen MR) is 113 cm³/mol. The zero-order valence-electron chi connectivity index (χ0n) is 16.2. The number of hydrogen-bond donors (Lipinski definition) is 1. The van der Waals surface area contributed by atoms with E-state index in [1.54, 1.807) is 0 Å². The van der Waals surface area contributed by atoms with Crippen LogP contribution in [0.4, 0.5) is 0 Å². The fourth-order valence-electron chi connectivity index (χ4n) is 3.12. The van der Waals surface area contributed by atoms with E-state index in [0.29, 0.717) is 0 Å². The highest BCUT2D eigenvalue weighted by Gasteiger charge is 2.20. The number of nitrogens with zero attached hydrogens (tertiary/aromatic N) is 2. The van der Waals surface area contributed by atoms with Crippen LogP contribution >= 0.6 is 11.8 Å². The van der Waals surface area contributed by atoms with E-state index in [1.165, 1.54) is 17.3 Å². The molecule has 27 heavy (non-hydrogen) atoms. The number of hydrogen-bond acceptors (Lipinski definition) is 3. The lowest BCUT2D eigenvalue weighted by Gasteiger charge is -2.17. The number of amides is 1. The van der Waals surface area contributed by atoms with Crippen molar-refractivity contribution in [3.05, 3.63) is 60.2 Å². The van der Waals surface area contributed by atoms with E-state index in [2.05, 4.69) is 54.1 Å². The van der Waals surface area contributed by atoms with Crippen molar-refractivity contribution in [1.29, 1.82) is 0 Å². The van der Waals surface area contributed by atoms with Crippen LogP contribution in [0.3, 0.4) is 0 Å². The van der Waals surface area contributed by atoms with E-state index in [9.17, 15) is 4.79 Å². The third-order valence-electron chi connectivity index (χ3n) is 4.68. The van der Waals surface area contributed by atoms with Gasteiger partial charge in [-0.25, -0.2) is 4.98 Å². The Morgan fingerprint density at radius 3 is 2.56 bits per heavy atom. The maximum Gasteiger partial charge on any atom is 0.233 e. The van der Waals surface area contributed by atoms with Gasteiger partial charge in [0, 0.05) is 12.6 Å². The summed E-state index contributed by atoms with van der Waals surface area (Å²) in [6.45, 7) is 6.96. The van der Waals surface area contributed by atoms with E-state index in [4.69, 9.17) is 4.98 Å². The molecule has 3 rings (SSSR count). The van der Waals surface area contributed by atoms with E-state index >= 15 is 0 Å². The van der Waals surface area contributed by atoms with Gasteiger partial charge in [0.1, 0.15) is 0 Å². The van der Waals surface area contributed by atoms with Gasteiger partial charge in [0.25, 0.3) is 0 Å². The molecule has 0 radical (unpaired) electrons. The van der Waals surface area contributed by atoms with Crippen LogP contribution in [0.1, 0.15) is 32.8 Å². The molecular weight excluding hydrogens is 354 g/mol. The van der Waals surface area contributed by atoms with Crippen molar-refractivity contribution in [2.24, 2.45) is 0 Å². The molecule has 0 spiro atoms. The van der Waals surface area contributed by atoms with Crippen molar-refractivity contribution < 1.29 is 4.79 Å². The summed E-state index contributed by atoms with van der Waals surface area (Å²) in [5, 5.41) is 3.86. The summed E-state index contributed by atoms with van der Waals surface area (Å²) in [5.41, 5.74) is 3.40. The molecule has 0 aliphatic carbocycles. The lowest BCUT2D eigenvalue weighted by molar-refractivity contribution is -0.120. The molecule has 2 aromatic carbocycles. The minimum absolute atomic E-state index is 0.0651. The van der Waals surface area contributed by atoms with Crippen molar-refractivity contribution in [3.8, 4) is 0 Å². The van der Waals surface area contributed by atoms with Gasteiger partial charge in [-0.15, -0.1) is 0 Å². The van der Waals surface area contributed by atoms with Gasteiger partial charge in [0.15, 0.2) is 5.16 Å². The van der Waals surface area contributed by atoms with Gasteiger partial charge >= 0.3 is 0 Å². The number of aryl methyl sites for hydroxylation is 2. The van der Waals surface area contributed by atoms with Crippen LogP contribution in [0.5, 0.6) is 0 Å². The Kier molecular flexibility index (Phi) is 6.56. The maximum atomic E-state index is 12.6. The van der Waals surface area contributed by atoms with Gasteiger partial charge in [0.2, 0.25) is 5.91 Å². The molecule has 0 fully saturated rings. The summed E-state index contributed by atoms with van der Waals surface area (Å²) in [7, 11) is 0. The number of rotatable bonds is 8. The summed E-state index contributed by atoms with van der Waals surface area (Å²) in [6, 6.07) is 18.6. The molecule has 0 saturated heterocycles. The number of thioether (sulfide) groups is 1. The minimum atomic E-state index is -0.189. The van der Waals surface area contributed by atoms with Crippen LogP contribution in [-0.4, -0.2) is 26.8 Å². The van der Waals surface area contributed by atoms with Crippen molar-refractivity contribution in [3.63, 3.8) is 0 Å². The number of imidazole rings is 1. The molecule has 142 valence electrons. The fourth-order valence-corrected chi connectivity index (χ4v) is 4.12. The average molecular weight is 382 g/mol. The summed E-state index contributed by atoms with van der Waals surface area (Å²) >= 11 is 1.52. The number of para-hydroxylation sites is 2. The molecule has 1 amide bonds. The molecule has 1 aromatic heterocycles.